The van der Waals surface area contributed by atoms with E-state index in [0.717, 1.165) is 5.56 Å². The molecule has 2 aromatic carbocycles. The third-order valence-electron chi connectivity index (χ3n) is 6.83. The first kappa shape index (κ1) is 26.5. The zero-order valence-corrected chi connectivity index (χ0v) is 21.3. The summed E-state index contributed by atoms with van der Waals surface area (Å²) in [7, 11) is 0. The topological polar surface area (TPSA) is 122 Å². The van der Waals surface area contributed by atoms with E-state index in [1.54, 1.807) is 43.0 Å². The van der Waals surface area contributed by atoms with Crippen LogP contribution in [0, 0.1) is 5.92 Å². The standard InChI is InChI=1S/C28H34N4O5/c1-28(2,29)27(36)30-23(18-37-17-20-8-4-3-5-9-20)26(35)31-14-12-19(13-15-31)16-32-24(33)21-10-6-7-11-22(21)25(32)34/h3-11,19,23H,12-18,29H2,1-2H3,(H,30,36)/t23-/m1/s1. The van der Waals surface area contributed by atoms with Gasteiger partial charge in [-0.2, -0.15) is 0 Å². The molecule has 0 bridgehead atoms. The largest absolute Gasteiger partial charge is 0.374 e. The molecular weight excluding hydrogens is 472 g/mol. The van der Waals surface area contributed by atoms with Crippen LogP contribution in [0.2, 0.25) is 0 Å². The van der Waals surface area contributed by atoms with Crippen molar-refractivity contribution in [2.45, 2.75) is 44.9 Å². The lowest BCUT2D eigenvalue weighted by Gasteiger charge is -2.35. The van der Waals surface area contributed by atoms with Crippen molar-refractivity contribution in [3.05, 3.63) is 71.3 Å². The maximum atomic E-state index is 13.4. The van der Waals surface area contributed by atoms with Crippen molar-refractivity contribution in [2.75, 3.05) is 26.2 Å². The molecule has 0 radical (unpaired) electrons. The number of imide groups is 1. The maximum absolute atomic E-state index is 13.4. The van der Waals surface area contributed by atoms with Gasteiger partial charge in [-0.3, -0.25) is 24.1 Å². The number of hydrogen-bond donors (Lipinski definition) is 2. The average Bonchev–Trinajstić information content (AvgIpc) is 3.13. The van der Waals surface area contributed by atoms with Gasteiger partial charge in [0.1, 0.15) is 6.04 Å². The lowest BCUT2D eigenvalue weighted by molar-refractivity contribution is -0.140. The monoisotopic (exact) mass is 506 g/mol. The number of rotatable bonds is 9. The van der Waals surface area contributed by atoms with Crippen molar-refractivity contribution in [1.82, 2.24) is 15.1 Å². The quantitative estimate of drug-likeness (QED) is 0.502. The van der Waals surface area contributed by atoms with Crippen LogP contribution in [0.5, 0.6) is 0 Å². The Balaban J connectivity index is 1.34. The second-order valence-corrected chi connectivity index (χ2v) is 10.3. The molecule has 2 aliphatic rings. The number of nitrogens with one attached hydrogen (secondary N) is 1. The van der Waals surface area contributed by atoms with Gasteiger partial charge in [-0.25, -0.2) is 0 Å². The highest BCUT2D eigenvalue weighted by Crippen LogP contribution is 2.26. The predicted octanol–water partition coefficient (Wildman–Crippen LogP) is 1.96. The van der Waals surface area contributed by atoms with Crippen LogP contribution in [-0.4, -0.2) is 71.3 Å². The molecule has 9 heteroatoms. The second-order valence-electron chi connectivity index (χ2n) is 10.3. The molecule has 2 aromatic rings. The Bertz CT molecular complexity index is 1120. The summed E-state index contributed by atoms with van der Waals surface area (Å²) in [5.41, 5.74) is 6.65. The number of piperidine rings is 1. The van der Waals surface area contributed by atoms with E-state index in [4.69, 9.17) is 10.5 Å². The third-order valence-corrected chi connectivity index (χ3v) is 6.83. The highest BCUT2D eigenvalue weighted by molar-refractivity contribution is 6.21. The number of carbonyl (C=O) groups is 4. The van der Waals surface area contributed by atoms with Gasteiger partial charge in [0.2, 0.25) is 11.8 Å². The van der Waals surface area contributed by atoms with E-state index >= 15 is 0 Å². The number of likely N-dealkylation sites (tertiary alicyclic amines) is 1. The fourth-order valence-electron chi connectivity index (χ4n) is 4.61. The third kappa shape index (κ3) is 6.23. The molecule has 4 rings (SSSR count). The molecule has 3 N–H and O–H groups in total. The molecule has 1 atom stereocenters. The smallest absolute Gasteiger partial charge is 0.261 e. The Morgan fingerprint density at radius 3 is 2.14 bits per heavy atom. The van der Waals surface area contributed by atoms with E-state index in [0.29, 0.717) is 50.2 Å². The summed E-state index contributed by atoms with van der Waals surface area (Å²) in [5.74, 6) is -1.10. The SMILES string of the molecule is CC(C)(N)C(=O)N[C@H](COCc1ccccc1)C(=O)N1CCC(CN2C(=O)c3ccccc3C2=O)CC1. The number of benzene rings is 2. The summed E-state index contributed by atoms with van der Waals surface area (Å²) in [5, 5.41) is 2.75. The average molecular weight is 507 g/mol. The number of fused-ring (bicyclic) bond motifs is 1. The molecule has 2 aliphatic heterocycles. The molecule has 0 aliphatic carbocycles. The summed E-state index contributed by atoms with van der Waals surface area (Å²) in [6.45, 7) is 4.75. The van der Waals surface area contributed by atoms with Gasteiger partial charge in [0, 0.05) is 19.6 Å². The van der Waals surface area contributed by atoms with Crippen LogP contribution >= 0.6 is 0 Å². The first-order valence-corrected chi connectivity index (χ1v) is 12.6. The molecule has 4 amide bonds. The number of ether oxygens (including phenoxy) is 1. The molecular formula is C28H34N4O5. The Morgan fingerprint density at radius 2 is 1.57 bits per heavy atom. The van der Waals surface area contributed by atoms with Crippen molar-refractivity contribution in [2.24, 2.45) is 11.7 Å². The Labute approximate surface area is 216 Å². The summed E-state index contributed by atoms with van der Waals surface area (Å²) in [6.07, 6.45) is 1.29. The van der Waals surface area contributed by atoms with Gasteiger partial charge in [0.25, 0.3) is 11.8 Å². The first-order valence-electron chi connectivity index (χ1n) is 12.6. The van der Waals surface area contributed by atoms with Gasteiger partial charge < -0.3 is 20.7 Å². The van der Waals surface area contributed by atoms with E-state index in [-0.39, 0.29) is 30.2 Å². The van der Waals surface area contributed by atoms with E-state index < -0.39 is 17.5 Å². The van der Waals surface area contributed by atoms with E-state index in [1.165, 1.54) is 4.90 Å². The predicted molar refractivity (Wildman–Crippen MR) is 137 cm³/mol. The number of nitrogens with zero attached hydrogens (tertiary/aromatic N) is 2. The minimum Gasteiger partial charge on any atom is -0.374 e. The Kier molecular flexibility index (Phi) is 8.04. The maximum Gasteiger partial charge on any atom is 0.261 e. The van der Waals surface area contributed by atoms with Gasteiger partial charge >= 0.3 is 0 Å². The number of amides is 4. The van der Waals surface area contributed by atoms with Gasteiger partial charge in [-0.05, 0) is 50.3 Å². The molecule has 0 saturated carbocycles. The molecule has 1 saturated heterocycles. The lowest BCUT2D eigenvalue weighted by atomic mass is 9.95. The van der Waals surface area contributed by atoms with Crippen molar-refractivity contribution in [3.63, 3.8) is 0 Å². The Morgan fingerprint density at radius 1 is 1.00 bits per heavy atom. The minimum absolute atomic E-state index is 0.0184. The highest BCUT2D eigenvalue weighted by atomic mass is 16.5. The lowest BCUT2D eigenvalue weighted by Crippen LogP contribution is -2.58. The highest BCUT2D eigenvalue weighted by Gasteiger charge is 2.38. The summed E-state index contributed by atoms with van der Waals surface area (Å²) in [6, 6.07) is 15.6. The van der Waals surface area contributed by atoms with Crippen LogP contribution in [0.1, 0.15) is 53.0 Å². The van der Waals surface area contributed by atoms with Crippen molar-refractivity contribution in [3.8, 4) is 0 Å². The number of carbonyl (C=O) groups excluding carboxylic acids is 4. The molecule has 0 unspecified atom stereocenters. The molecule has 37 heavy (non-hydrogen) atoms. The van der Waals surface area contributed by atoms with Crippen LogP contribution in [-0.2, 0) is 20.9 Å². The molecule has 2 heterocycles. The van der Waals surface area contributed by atoms with Crippen LogP contribution in [0.25, 0.3) is 0 Å². The summed E-state index contributed by atoms with van der Waals surface area (Å²) >= 11 is 0. The Hall–Kier alpha value is -3.56. The first-order chi connectivity index (χ1) is 17.6. The zero-order chi connectivity index (χ0) is 26.6. The van der Waals surface area contributed by atoms with Crippen LogP contribution < -0.4 is 11.1 Å². The molecule has 9 nitrogen and oxygen atoms in total. The van der Waals surface area contributed by atoms with Gasteiger partial charge in [-0.15, -0.1) is 0 Å². The van der Waals surface area contributed by atoms with Gasteiger partial charge in [-0.1, -0.05) is 42.5 Å². The van der Waals surface area contributed by atoms with Gasteiger partial charge in [0.15, 0.2) is 0 Å². The van der Waals surface area contributed by atoms with Crippen LogP contribution in [0.3, 0.4) is 0 Å². The van der Waals surface area contributed by atoms with Crippen molar-refractivity contribution < 1.29 is 23.9 Å². The normalized spacial score (nSPS) is 17.1. The van der Waals surface area contributed by atoms with E-state index in [1.807, 2.05) is 30.3 Å². The molecule has 196 valence electrons. The van der Waals surface area contributed by atoms with Crippen molar-refractivity contribution >= 4 is 23.6 Å². The molecule has 0 spiro atoms. The zero-order valence-electron chi connectivity index (χ0n) is 21.3. The minimum atomic E-state index is -1.14. The van der Waals surface area contributed by atoms with E-state index in [9.17, 15) is 19.2 Å². The molecule has 1 fully saturated rings. The summed E-state index contributed by atoms with van der Waals surface area (Å²) in [4.78, 5) is 54.4. The van der Waals surface area contributed by atoms with Gasteiger partial charge in [0.05, 0.1) is 29.9 Å². The molecule has 0 aromatic heterocycles. The number of hydrogen-bond acceptors (Lipinski definition) is 6. The van der Waals surface area contributed by atoms with Crippen LogP contribution in [0.4, 0.5) is 0 Å². The second kappa shape index (κ2) is 11.2. The fraction of sp³-hybridized carbons (Fsp3) is 0.429. The van der Waals surface area contributed by atoms with E-state index in [2.05, 4.69) is 5.32 Å². The van der Waals surface area contributed by atoms with Crippen molar-refractivity contribution in [1.29, 1.82) is 0 Å². The van der Waals surface area contributed by atoms with Crippen LogP contribution in [0.15, 0.2) is 54.6 Å². The fourth-order valence-corrected chi connectivity index (χ4v) is 4.61. The number of nitrogens with two attached hydrogens (primary N) is 1. The summed E-state index contributed by atoms with van der Waals surface area (Å²) < 4.78 is 5.79.